The molecule has 0 aliphatic heterocycles. The lowest BCUT2D eigenvalue weighted by molar-refractivity contribution is 0.238. The maximum atomic E-state index is 3.53. The van der Waals surface area contributed by atoms with E-state index in [1.54, 1.807) is 0 Å². The van der Waals surface area contributed by atoms with Gasteiger partial charge in [-0.15, -0.1) is 11.3 Å². The predicted octanol–water partition coefficient (Wildman–Crippen LogP) is 4.63. The number of hydrogen-bond acceptors (Lipinski definition) is 2. The Hall–Kier alpha value is -0.640. The second kappa shape index (κ2) is 5.16. The van der Waals surface area contributed by atoms with Gasteiger partial charge in [0.15, 0.2) is 0 Å². The van der Waals surface area contributed by atoms with E-state index in [0.717, 1.165) is 6.54 Å². The summed E-state index contributed by atoms with van der Waals surface area (Å²) < 4.78 is 1.22. The van der Waals surface area contributed by atoms with Gasteiger partial charge in [-0.1, -0.05) is 24.3 Å². The zero-order chi connectivity index (χ0) is 12.5. The molecule has 1 nitrogen and oxygen atoms in total. The van der Waals surface area contributed by atoms with Gasteiger partial charge in [0.2, 0.25) is 0 Å². The van der Waals surface area contributed by atoms with Crippen molar-refractivity contribution < 1.29 is 0 Å². The molecule has 0 saturated heterocycles. The van der Waals surface area contributed by atoms with Crippen LogP contribution in [0.4, 0.5) is 0 Å². The first kappa shape index (κ1) is 12.4. The van der Waals surface area contributed by atoms with Crippen LogP contribution in [0, 0.1) is 0 Å². The highest BCUT2D eigenvalue weighted by Gasteiger charge is 2.25. The first-order valence-corrected chi connectivity index (χ1v) is 7.87. The van der Waals surface area contributed by atoms with E-state index >= 15 is 0 Å². The maximum Gasteiger partial charge on any atom is 0.0701 e. The van der Waals surface area contributed by atoms with E-state index in [1.807, 2.05) is 11.3 Å². The molecule has 1 aliphatic carbocycles. The zero-order valence-corrected chi connectivity index (χ0v) is 12.8. The highest BCUT2D eigenvalue weighted by molar-refractivity contribution is 9.11. The lowest BCUT2D eigenvalue weighted by Gasteiger charge is -2.24. The van der Waals surface area contributed by atoms with E-state index in [0.29, 0.717) is 6.04 Å². The highest BCUT2D eigenvalue weighted by atomic mass is 79.9. The Morgan fingerprint density at radius 3 is 2.89 bits per heavy atom. The molecule has 1 aromatic heterocycles. The number of hydrogen-bond donors (Lipinski definition) is 0. The van der Waals surface area contributed by atoms with Gasteiger partial charge in [0.05, 0.1) is 3.79 Å². The maximum absolute atomic E-state index is 3.53. The lowest BCUT2D eigenvalue weighted by atomic mass is 10.1. The molecule has 0 amide bonds. The summed E-state index contributed by atoms with van der Waals surface area (Å²) in [6.45, 7) is 1.04. The molecule has 18 heavy (non-hydrogen) atoms. The summed E-state index contributed by atoms with van der Waals surface area (Å²) in [4.78, 5) is 3.90. The van der Waals surface area contributed by atoms with E-state index < -0.39 is 0 Å². The summed E-state index contributed by atoms with van der Waals surface area (Å²) >= 11 is 5.36. The molecular formula is C15H16BrNS. The van der Waals surface area contributed by atoms with Crippen LogP contribution in [0.25, 0.3) is 0 Å². The summed E-state index contributed by atoms with van der Waals surface area (Å²) in [6.07, 6.45) is 2.47. The van der Waals surface area contributed by atoms with Crippen LogP contribution in [-0.2, 0) is 13.0 Å². The minimum atomic E-state index is 0.585. The van der Waals surface area contributed by atoms with Crippen LogP contribution in [0.5, 0.6) is 0 Å². The Morgan fingerprint density at radius 2 is 2.11 bits per heavy atom. The SMILES string of the molecule is CN(Cc1ccc(Br)s1)C1CCc2ccccc21. The Morgan fingerprint density at radius 1 is 1.28 bits per heavy atom. The number of benzene rings is 1. The molecule has 2 aromatic rings. The van der Waals surface area contributed by atoms with E-state index in [9.17, 15) is 0 Å². The number of nitrogens with zero attached hydrogens (tertiary/aromatic N) is 1. The lowest BCUT2D eigenvalue weighted by Crippen LogP contribution is -2.21. The first-order valence-electron chi connectivity index (χ1n) is 6.26. The van der Waals surface area contributed by atoms with Crippen molar-refractivity contribution in [3.05, 3.63) is 56.2 Å². The van der Waals surface area contributed by atoms with E-state index in [4.69, 9.17) is 0 Å². The van der Waals surface area contributed by atoms with Gasteiger partial charge in [-0.05, 0) is 59.1 Å². The quantitative estimate of drug-likeness (QED) is 0.796. The number of thiophene rings is 1. The topological polar surface area (TPSA) is 3.24 Å². The van der Waals surface area contributed by atoms with Crippen molar-refractivity contribution in [3.63, 3.8) is 0 Å². The molecule has 94 valence electrons. The van der Waals surface area contributed by atoms with Crippen LogP contribution < -0.4 is 0 Å². The summed E-state index contributed by atoms with van der Waals surface area (Å²) in [5.41, 5.74) is 3.05. The molecule has 0 N–H and O–H groups in total. The van der Waals surface area contributed by atoms with Crippen LogP contribution in [-0.4, -0.2) is 11.9 Å². The molecule has 1 atom stereocenters. The standard InChI is InChI=1S/C15H16BrNS/c1-17(10-12-7-9-15(16)18-12)14-8-6-11-4-2-3-5-13(11)14/h2-5,7,9,14H,6,8,10H2,1H3. The van der Waals surface area contributed by atoms with Gasteiger partial charge < -0.3 is 0 Å². The molecule has 3 rings (SSSR count). The summed E-state index contributed by atoms with van der Waals surface area (Å²) in [5.74, 6) is 0. The second-order valence-electron chi connectivity index (χ2n) is 4.87. The molecule has 0 spiro atoms. The molecule has 3 heteroatoms. The number of rotatable bonds is 3. The Labute approximate surface area is 121 Å². The van der Waals surface area contributed by atoms with Crippen LogP contribution in [0.2, 0.25) is 0 Å². The molecule has 1 unspecified atom stereocenters. The third kappa shape index (κ3) is 2.40. The largest absolute Gasteiger partial charge is 0.294 e. The van der Waals surface area contributed by atoms with Crippen molar-refractivity contribution in [2.45, 2.75) is 25.4 Å². The van der Waals surface area contributed by atoms with Gasteiger partial charge in [0, 0.05) is 17.5 Å². The van der Waals surface area contributed by atoms with Crippen molar-refractivity contribution >= 4 is 27.3 Å². The third-order valence-electron chi connectivity index (χ3n) is 3.67. The molecule has 0 radical (unpaired) electrons. The number of halogens is 1. The Kier molecular flexibility index (Phi) is 3.55. The minimum Gasteiger partial charge on any atom is -0.294 e. The van der Waals surface area contributed by atoms with Crippen LogP contribution in [0.3, 0.4) is 0 Å². The predicted molar refractivity (Wildman–Crippen MR) is 81.0 cm³/mol. The van der Waals surface area contributed by atoms with Gasteiger partial charge in [-0.3, -0.25) is 4.90 Å². The highest BCUT2D eigenvalue weighted by Crippen LogP contribution is 2.36. The average molecular weight is 322 g/mol. The van der Waals surface area contributed by atoms with Crippen molar-refractivity contribution in [2.24, 2.45) is 0 Å². The fraction of sp³-hybridized carbons (Fsp3) is 0.333. The van der Waals surface area contributed by atoms with Crippen molar-refractivity contribution in [1.29, 1.82) is 0 Å². The molecule has 1 heterocycles. The van der Waals surface area contributed by atoms with Crippen molar-refractivity contribution in [2.75, 3.05) is 7.05 Å². The minimum absolute atomic E-state index is 0.585. The fourth-order valence-electron chi connectivity index (χ4n) is 2.79. The summed E-state index contributed by atoms with van der Waals surface area (Å²) in [5, 5.41) is 0. The smallest absolute Gasteiger partial charge is 0.0701 e. The van der Waals surface area contributed by atoms with Gasteiger partial charge in [0.1, 0.15) is 0 Å². The zero-order valence-electron chi connectivity index (χ0n) is 10.4. The van der Waals surface area contributed by atoms with E-state index in [2.05, 4.69) is 64.3 Å². The van der Waals surface area contributed by atoms with Gasteiger partial charge >= 0.3 is 0 Å². The second-order valence-corrected chi connectivity index (χ2v) is 7.42. The fourth-order valence-corrected chi connectivity index (χ4v) is 4.33. The normalized spacial score (nSPS) is 18.3. The molecule has 1 aromatic carbocycles. The number of aryl methyl sites for hydroxylation is 1. The van der Waals surface area contributed by atoms with E-state index in [1.165, 1.54) is 32.6 Å². The van der Waals surface area contributed by atoms with Crippen molar-refractivity contribution in [1.82, 2.24) is 4.90 Å². The molecule has 0 fully saturated rings. The molecule has 0 saturated carbocycles. The molecular weight excluding hydrogens is 306 g/mol. The summed E-state index contributed by atoms with van der Waals surface area (Å²) in [6, 6.07) is 13.8. The first-order chi connectivity index (χ1) is 8.74. The Bertz CT molecular complexity index is 549. The van der Waals surface area contributed by atoms with Crippen LogP contribution in [0.15, 0.2) is 40.2 Å². The van der Waals surface area contributed by atoms with Gasteiger partial charge in [-0.25, -0.2) is 0 Å². The Balaban J connectivity index is 1.76. The summed E-state index contributed by atoms with van der Waals surface area (Å²) in [7, 11) is 2.24. The van der Waals surface area contributed by atoms with Crippen LogP contribution in [0.1, 0.15) is 28.5 Å². The average Bonchev–Trinajstić information content (AvgIpc) is 2.95. The van der Waals surface area contributed by atoms with E-state index in [-0.39, 0.29) is 0 Å². The monoisotopic (exact) mass is 321 g/mol. The molecule has 1 aliphatic rings. The van der Waals surface area contributed by atoms with Crippen molar-refractivity contribution in [3.8, 4) is 0 Å². The molecule has 0 bridgehead atoms. The number of fused-ring (bicyclic) bond motifs is 1. The van der Waals surface area contributed by atoms with Gasteiger partial charge in [-0.2, -0.15) is 0 Å². The van der Waals surface area contributed by atoms with Crippen LogP contribution >= 0.6 is 27.3 Å². The van der Waals surface area contributed by atoms with Gasteiger partial charge in [0.25, 0.3) is 0 Å². The third-order valence-corrected chi connectivity index (χ3v) is 5.28.